The van der Waals surface area contributed by atoms with E-state index in [1.54, 1.807) is 24.7 Å². The largest absolute Gasteiger partial charge is 0.337 e. The molecule has 1 saturated heterocycles. The van der Waals surface area contributed by atoms with Crippen molar-refractivity contribution in [1.82, 2.24) is 14.5 Å². The van der Waals surface area contributed by atoms with E-state index in [1.807, 2.05) is 27.7 Å². The van der Waals surface area contributed by atoms with Gasteiger partial charge < -0.3 is 9.47 Å². The second-order valence-electron chi connectivity index (χ2n) is 8.54. The minimum Gasteiger partial charge on any atom is -0.337 e. The third-order valence-corrected chi connectivity index (χ3v) is 6.22. The molecule has 0 N–H and O–H groups in total. The molecule has 0 radical (unpaired) electrons. The lowest BCUT2D eigenvalue weighted by Gasteiger charge is -2.37. The standard InChI is InChI=1S/C26H25N5O/c1-20-4-3-5-22(14-20)15-26(18-27)10-12-30(13-11-26)25(32)24-16-29-19-31(24)17-21-6-8-23(28-2)9-7-21/h3-9,14,16,19H,10-13,15,17H2,1H3. The maximum Gasteiger partial charge on any atom is 0.272 e. The van der Waals surface area contributed by atoms with E-state index in [0.717, 1.165) is 5.56 Å². The van der Waals surface area contributed by atoms with Crippen molar-refractivity contribution >= 4 is 11.6 Å². The van der Waals surface area contributed by atoms with Gasteiger partial charge in [-0.1, -0.05) is 54.1 Å². The number of amides is 1. The van der Waals surface area contributed by atoms with Crippen molar-refractivity contribution in [1.29, 1.82) is 5.26 Å². The molecular formula is C26H25N5O. The van der Waals surface area contributed by atoms with Crippen LogP contribution in [0.5, 0.6) is 0 Å². The van der Waals surface area contributed by atoms with Gasteiger partial charge in [-0.15, -0.1) is 0 Å². The van der Waals surface area contributed by atoms with E-state index in [0.29, 0.717) is 50.3 Å². The van der Waals surface area contributed by atoms with Gasteiger partial charge in [0.15, 0.2) is 5.69 Å². The molecule has 1 aliphatic heterocycles. The van der Waals surface area contributed by atoms with E-state index in [2.05, 4.69) is 41.0 Å². The van der Waals surface area contributed by atoms with Crippen LogP contribution in [0.3, 0.4) is 0 Å². The zero-order chi connectivity index (χ0) is 22.6. The maximum absolute atomic E-state index is 13.2. The van der Waals surface area contributed by atoms with E-state index in [9.17, 15) is 10.1 Å². The van der Waals surface area contributed by atoms with Gasteiger partial charge in [0.1, 0.15) is 5.69 Å². The fourth-order valence-corrected chi connectivity index (χ4v) is 4.34. The summed E-state index contributed by atoms with van der Waals surface area (Å²) in [7, 11) is 0. The summed E-state index contributed by atoms with van der Waals surface area (Å²) in [5, 5.41) is 9.94. The summed E-state index contributed by atoms with van der Waals surface area (Å²) in [6.45, 7) is 10.8. The summed E-state index contributed by atoms with van der Waals surface area (Å²) >= 11 is 0. The van der Waals surface area contributed by atoms with E-state index < -0.39 is 5.41 Å². The Bertz CT molecular complexity index is 1190. The highest BCUT2D eigenvalue weighted by Gasteiger charge is 2.37. The van der Waals surface area contributed by atoms with Crippen molar-refractivity contribution in [3.8, 4) is 6.07 Å². The first-order valence-electron chi connectivity index (χ1n) is 10.7. The quantitative estimate of drug-likeness (QED) is 0.555. The Hall–Kier alpha value is -3.90. The maximum atomic E-state index is 13.2. The van der Waals surface area contributed by atoms with E-state index >= 15 is 0 Å². The number of likely N-dealkylation sites (tertiary alicyclic amines) is 1. The molecule has 4 rings (SSSR count). The lowest BCUT2D eigenvalue weighted by Crippen LogP contribution is -2.44. The molecule has 0 saturated carbocycles. The van der Waals surface area contributed by atoms with Crippen LogP contribution in [0, 0.1) is 30.2 Å². The van der Waals surface area contributed by atoms with Crippen LogP contribution in [0.25, 0.3) is 4.85 Å². The number of nitrogens with zero attached hydrogens (tertiary/aromatic N) is 5. The zero-order valence-electron chi connectivity index (χ0n) is 18.2. The van der Waals surface area contributed by atoms with Crippen LogP contribution < -0.4 is 0 Å². The van der Waals surface area contributed by atoms with Crippen LogP contribution in [-0.2, 0) is 13.0 Å². The molecule has 0 unspecified atom stereocenters. The molecule has 1 amide bonds. The number of carbonyl (C=O) groups excluding carboxylic acids is 1. The Morgan fingerprint density at radius 1 is 1.19 bits per heavy atom. The number of benzene rings is 2. The fraction of sp³-hybridized carbons (Fsp3) is 0.308. The van der Waals surface area contributed by atoms with E-state index in [1.165, 1.54) is 11.1 Å². The Labute approximate surface area is 188 Å². The van der Waals surface area contributed by atoms with Crippen molar-refractivity contribution in [3.05, 3.63) is 94.9 Å². The van der Waals surface area contributed by atoms with Crippen molar-refractivity contribution < 1.29 is 4.79 Å². The number of aryl methyl sites for hydroxylation is 1. The normalized spacial score (nSPS) is 15.0. The molecule has 6 heteroatoms. The van der Waals surface area contributed by atoms with Crippen molar-refractivity contribution in [2.24, 2.45) is 5.41 Å². The molecule has 1 fully saturated rings. The number of rotatable bonds is 5. The van der Waals surface area contributed by atoms with Crippen LogP contribution in [0.1, 0.15) is 40.0 Å². The molecule has 160 valence electrons. The minimum atomic E-state index is -0.435. The fourth-order valence-electron chi connectivity index (χ4n) is 4.34. The SMILES string of the molecule is [C-]#[N+]c1ccc(Cn2cncc2C(=O)N2CCC(C#N)(Cc3cccc(C)c3)CC2)cc1. The number of imidazole rings is 1. The van der Waals surface area contributed by atoms with Crippen LogP contribution in [-0.4, -0.2) is 33.4 Å². The molecule has 6 nitrogen and oxygen atoms in total. The number of hydrogen-bond donors (Lipinski definition) is 0. The second kappa shape index (κ2) is 9.08. The van der Waals surface area contributed by atoms with E-state index in [-0.39, 0.29) is 5.91 Å². The third kappa shape index (κ3) is 4.55. The minimum absolute atomic E-state index is 0.0534. The Kier molecular flexibility index (Phi) is 6.05. The van der Waals surface area contributed by atoms with Gasteiger partial charge in [-0.2, -0.15) is 5.26 Å². The van der Waals surface area contributed by atoms with E-state index in [4.69, 9.17) is 6.57 Å². The zero-order valence-corrected chi connectivity index (χ0v) is 18.2. The lowest BCUT2D eigenvalue weighted by atomic mass is 9.75. The predicted octanol–water partition coefficient (Wildman–Crippen LogP) is 4.78. The number of carbonyl (C=O) groups is 1. The average molecular weight is 424 g/mol. The molecule has 32 heavy (non-hydrogen) atoms. The van der Waals surface area contributed by atoms with Crippen molar-refractivity contribution in [3.63, 3.8) is 0 Å². The summed E-state index contributed by atoms with van der Waals surface area (Å²) < 4.78 is 1.84. The second-order valence-corrected chi connectivity index (χ2v) is 8.54. The molecule has 1 aliphatic rings. The van der Waals surface area contributed by atoms with Gasteiger partial charge in [0, 0.05) is 19.6 Å². The Morgan fingerprint density at radius 3 is 2.59 bits per heavy atom. The van der Waals surface area contributed by atoms with Crippen molar-refractivity contribution in [2.45, 2.75) is 32.7 Å². The van der Waals surface area contributed by atoms with Crippen LogP contribution in [0.15, 0.2) is 61.1 Å². The molecule has 2 aromatic carbocycles. The van der Waals surface area contributed by atoms with Gasteiger partial charge in [0.05, 0.1) is 30.6 Å². The summed E-state index contributed by atoms with van der Waals surface area (Å²) in [5.41, 5.74) is 4.08. The average Bonchev–Trinajstić information content (AvgIpc) is 3.27. The Morgan fingerprint density at radius 2 is 1.94 bits per heavy atom. The summed E-state index contributed by atoms with van der Waals surface area (Å²) in [5.74, 6) is -0.0534. The highest BCUT2D eigenvalue weighted by molar-refractivity contribution is 5.92. The molecule has 0 aliphatic carbocycles. The smallest absolute Gasteiger partial charge is 0.272 e. The number of hydrogen-bond acceptors (Lipinski definition) is 3. The van der Waals surface area contributed by atoms with Gasteiger partial charge in [-0.05, 0) is 37.3 Å². The van der Waals surface area contributed by atoms with Gasteiger partial charge in [-0.3, -0.25) is 4.79 Å². The number of aromatic nitrogens is 2. The summed E-state index contributed by atoms with van der Waals surface area (Å²) in [4.78, 5) is 22.7. The first kappa shape index (κ1) is 21.3. The molecular weight excluding hydrogens is 398 g/mol. The molecule has 0 atom stereocenters. The first-order valence-corrected chi connectivity index (χ1v) is 10.7. The predicted molar refractivity (Wildman–Crippen MR) is 122 cm³/mol. The molecule has 1 aromatic heterocycles. The highest BCUT2D eigenvalue weighted by atomic mass is 16.2. The molecule has 3 aromatic rings. The number of piperidine rings is 1. The highest BCUT2D eigenvalue weighted by Crippen LogP contribution is 2.35. The van der Waals surface area contributed by atoms with Crippen molar-refractivity contribution in [2.75, 3.05) is 13.1 Å². The van der Waals surface area contributed by atoms with Gasteiger partial charge in [0.2, 0.25) is 0 Å². The number of nitriles is 1. The molecule has 0 spiro atoms. The van der Waals surface area contributed by atoms with Crippen LogP contribution >= 0.6 is 0 Å². The Balaban J connectivity index is 1.43. The molecule has 0 bridgehead atoms. The van der Waals surface area contributed by atoms with Gasteiger partial charge in [-0.25, -0.2) is 9.83 Å². The monoisotopic (exact) mass is 423 g/mol. The summed E-state index contributed by atoms with van der Waals surface area (Å²) in [6.07, 6.45) is 5.31. The topological polar surface area (TPSA) is 66.3 Å². The van der Waals surface area contributed by atoms with Gasteiger partial charge in [0.25, 0.3) is 5.91 Å². The summed E-state index contributed by atoms with van der Waals surface area (Å²) in [6, 6.07) is 18.2. The first-order chi connectivity index (χ1) is 15.5. The molecule has 2 heterocycles. The van der Waals surface area contributed by atoms with Crippen LogP contribution in [0.2, 0.25) is 0 Å². The van der Waals surface area contributed by atoms with Gasteiger partial charge >= 0.3 is 0 Å². The lowest BCUT2D eigenvalue weighted by molar-refractivity contribution is 0.0637. The van der Waals surface area contributed by atoms with Crippen LogP contribution in [0.4, 0.5) is 5.69 Å². The third-order valence-electron chi connectivity index (χ3n) is 6.22.